The number of hydrogen-bond donors (Lipinski definition) is 1. The number of amides is 3. The number of nitrogens with zero attached hydrogens (tertiary/aromatic N) is 2. The predicted octanol–water partition coefficient (Wildman–Crippen LogP) is 2.67. The third-order valence-electron chi connectivity index (χ3n) is 4.87. The quantitative estimate of drug-likeness (QED) is 0.877. The van der Waals surface area contributed by atoms with Crippen LogP contribution in [0.5, 0.6) is 0 Å². The van der Waals surface area contributed by atoms with Crippen LogP contribution in [0.25, 0.3) is 0 Å². The molecular weight excluding hydrogens is 330 g/mol. The topological polar surface area (TPSA) is 61.9 Å². The van der Waals surface area contributed by atoms with Gasteiger partial charge in [0.05, 0.1) is 5.60 Å². The zero-order valence-electron chi connectivity index (χ0n) is 16.5. The number of ether oxygens (including phenoxy) is 1. The van der Waals surface area contributed by atoms with E-state index >= 15 is 0 Å². The Morgan fingerprint density at radius 1 is 1.12 bits per heavy atom. The molecule has 1 atom stereocenters. The summed E-state index contributed by atoms with van der Waals surface area (Å²) in [7, 11) is 1.68. The first-order chi connectivity index (χ1) is 12.2. The molecule has 0 bridgehead atoms. The highest BCUT2D eigenvalue weighted by molar-refractivity contribution is 5.94. The number of aryl methyl sites for hydroxylation is 1. The van der Waals surface area contributed by atoms with Crippen molar-refractivity contribution in [3.05, 3.63) is 35.4 Å². The average Bonchev–Trinajstić information content (AvgIpc) is 2.61. The molecular formula is C20H31N3O3. The lowest BCUT2D eigenvalue weighted by Gasteiger charge is -2.36. The van der Waals surface area contributed by atoms with Crippen LogP contribution in [-0.2, 0) is 4.74 Å². The van der Waals surface area contributed by atoms with E-state index in [2.05, 4.69) is 5.32 Å². The molecule has 1 saturated heterocycles. The highest BCUT2D eigenvalue weighted by atomic mass is 16.5. The van der Waals surface area contributed by atoms with Crippen LogP contribution in [0, 0.1) is 6.92 Å². The van der Waals surface area contributed by atoms with Gasteiger partial charge >= 0.3 is 6.03 Å². The second-order valence-electron chi connectivity index (χ2n) is 7.66. The minimum atomic E-state index is -0.272. The molecule has 1 heterocycles. The maximum absolute atomic E-state index is 12.5. The van der Waals surface area contributed by atoms with Gasteiger partial charge in [0.15, 0.2) is 0 Å². The zero-order valence-corrected chi connectivity index (χ0v) is 16.5. The second kappa shape index (κ2) is 8.54. The maximum atomic E-state index is 12.5. The van der Waals surface area contributed by atoms with Gasteiger partial charge in [-0.25, -0.2) is 4.79 Å². The average molecular weight is 361 g/mol. The number of rotatable bonds is 5. The van der Waals surface area contributed by atoms with Crippen molar-refractivity contribution in [1.82, 2.24) is 15.1 Å². The van der Waals surface area contributed by atoms with Crippen molar-refractivity contribution in [3.8, 4) is 0 Å². The van der Waals surface area contributed by atoms with Crippen LogP contribution in [0.15, 0.2) is 24.3 Å². The summed E-state index contributed by atoms with van der Waals surface area (Å²) in [5.41, 5.74) is 1.56. The van der Waals surface area contributed by atoms with Gasteiger partial charge in [0.25, 0.3) is 5.91 Å². The van der Waals surface area contributed by atoms with Crippen LogP contribution in [-0.4, -0.2) is 66.7 Å². The molecule has 1 aliphatic rings. The van der Waals surface area contributed by atoms with Gasteiger partial charge in [0.2, 0.25) is 0 Å². The molecule has 144 valence electrons. The molecule has 1 unspecified atom stereocenters. The van der Waals surface area contributed by atoms with Gasteiger partial charge in [-0.1, -0.05) is 17.7 Å². The lowest BCUT2D eigenvalue weighted by atomic mass is 10.00. The van der Waals surface area contributed by atoms with E-state index in [1.807, 2.05) is 56.9 Å². The van der Waals surface area contributed by atoms with Gasteiger partial charge in [-0.2, -0.15) is 0 Å². The molecule has 1 N–H and O–H groups in total. The Morgan fingerprint density at radius 3 is 2.19 bits per heavy atom. The van der Waals surface area contributed by atoms with E-state index < -0.39 is 0 Å². The van der Waals surface area contributed by atoms with Crippen LogP contribution in [0.1, 0.15) is 43.1 Å². The Balaban J connectivity index is 1.83. The first-order valence-corrected chi connectivity index (χ1v) is 9.18. The first kappa shape index (κ1) is 20.2. The van der Waals surface area contributed by atoms with Crippen LogP contribution >= 0.6 is 0 Å². The van der Waals surface area contributed by atoms with Gasteiger partial charge in [0.1, 0.15) is 0 Å². The SMILES string of the molecule is COC(C)(C)CC(C)NC(=O)N1CCN(C(=O)c2ccc(C)cc2)CC1. The Labute approximate surface area is 156 Å². The normalized spacial score (nSPS) is 16.3. The number of hydrogen-bond acceptors (Lipinski definition) is 3. The molecule has 1 aromatic rings. The smallest absolute Gasteiger partial charge is 0.317 e. The summed E-state index contributed by atoms with van der Waals surface area (Å²) in [6, 6.07) is 7.54. The van der Waals surface area contributed by atoms with Crippen LogP contribution in [0.2, 0.25) is 0 Å². The van der Waals surface area contributed by atoms with Gasteiger partial charge in [-0.15, -0.1) is 0 Å². The summed E-state index contributed by atoms with van der Waals surface area (Å²) in [6.07, 6.45) is 0.737. The maximum Gasteiger partial charge on any atom is 0.317 e. The number of piperazine rings is 1. The Hall–Kier alpha value is -2.08. The molecule has 0 radical (unpaired) electrons. The van der Waals surface area contributed by atoms with Crippen molar-refractivity contribution < 1.29 is 14.3 Å². The Morgan fingerprint density at radius 2 is 1.65 bits per heavy atom. The zero-order chi connectivity index (χ0) is 19.3. The molecule has 1 aliphatic heterocycles. The van der Waals surface area contributed by atoms with Crippen molar-refractivity contribution in [2.45, 2.75) is 45.8 Å². The first-order valence-electron chi connectivity index (χ1n) is 9.18. The van der Waals surface area contributed by atoms with E-state index in [1.165, 1.54) is 0 Å². The molecule has 1 fully saturated rings. The largest absolute Gasteiger partial charge is 0.379 e. The van der Waals surface area contributed by atoms with E-state index in [-0.39, 0.29) is 23.6 Å². The highest BCUT2D eigenvalue weighted by Gasteiger charge is 2.27. The molecule has 0 aromatic heterocycles. The van der Waals surface area contributed by atoms with E-state index in [1.54, 1.807) is 12.0 Å². The van der Waals surface area contributed by atoms with E-state index in [0.29, 0.717) is 31.7 Å². The summed E-state index contributed by atoms with van der Waals surface area (Å²) < 4.78 is 5.42. The molecule has 0 spiro atoms. The fraction of sp³-hybridized carbons (Fsp3) is 0.600. The Kier molecular flexibility index (Phi) is 6.64. The van der Waals surface area contributed by atoms with Crippen molar-refractivity contribution >= 4 is 11.9 Å². The van der Waals surface area contributed by atoms with Gasteiger partial charge in [-0.3, -0.25) is 4.79 Å². The molecule has 26 heavy (non-hydrogen) atoms. The van der Waals surface area contributed by atoms with Crippen LogP contribution in [0.3, 0.4) is 0 Å². The fourth-order valence-corrected chi connectivity index (χ4v) is 3.17. The second-order valence-corrected chi connectivity index (χ2v) is 7.66. The molecule has 0 aliphatic carbocycles. The standard InChI is InChI=1S/C20H31N3O3/c1-15-6-8-17(9-7-15)18(24)22-10-12-23(13-11-22)19(25)21-16(2)14-20(3,4)26-5/h6-9,16H,10-14H2,1-5H3,(H,21,25). The monoisotopic (exact) mass is 361 g/mol. The summed E-state index contributed by atoms with van der Waals surface area (Å²) >= 11 is 0. The molecule has 0 saturated carbocycles. The predicted molar refractivity (Wildman–Crippen MR) is 102 cm³/mol. The molecule has 6 heteroatoms. The van der Waals surface area contributed by atoms with E-state index in [9.17, 15) is 9.59 Å². The van der Waals surface area contributed by atoms with E-state index in [0.717, 1.165) is 12.0 Å². The summed E-state index contributed by atoms with van der Waals surface area (Å²) in [5, 5.41) is 3.03. The van der Waals surface area contributed by atoms with Crippen molar-refractivity contribution in [2.75, 3.05) is 33.3 Å². The number of nitrogens with one attached hydrogen (secondary N) is 1. The van der Waals surface area contributed by atoms with Crippen LogP contribution < -0.4 is 5.32 Å². The highest BCUT2D eigenvalue weighted by Crippen LogP contribution is 2.16. The van der Waals surface area contributed by atoms with Crippen LogP contribution in [0.4, 0.5) is 4.79 Å². The van der Waals surface area contributed by atoms with Gasteiger partial charge in [0, 0.05) is 44.9 Å². The lowest BCUT2D eigenvalue weighted by molar-refractivity contribution is 0.00893. The van der Waals surface area contributed by atoms with E-state index in [4.69, 9.17) is 4.74 Å². The van der Waals surface area contributed by atoms with Gasteiger partial charge < -0.3 is 19.9 Å². The number of methoxy groups -OCH3 is 1. The third kappa shape index (κ3) is 5.46. The number of urea groups is 1. The number of carbonyl (C=O) groups is 2. The van der Waals surface area contributed by atoms with Gasteiger partial charge in [-0.05, 0) is 46.2 Å². The van der Waals surface area contributed by atoms with Crippen molar-refractivity contribution in [2.24, 2.45) is 0 Å². The fourth-order valence-electron chi connectivity index (χ4n) is 3.17. The minimum absolute atomic E-state index is 0.0182. The molecule has 6 nitrogen and oxygen atoms in total. The molecule has 2 rings (SSSR count). The minimum Gasteiger partial charge on any atom is -0.379 e. The van der Waals surface area contributed by atoms with Crippen molar-refractivity contribution in [3.63, 3.8) is 0 Å². The summed E-state index contributed by atoms with van der Waals surface area (Å²) in [6.45, 7) is 10.2. The molecule has 3 amide bonds. The summed E-state index contributed by atoms with van der Waals surface area (Å²) in [5.74, 6) is 0.0280. The number of carbonyl (C=O) groups excluding carboxylic acids is 2. The third-order valence-corrected chi connectivity index (χ3v) is 4.87. The Bertz CT molecular complexity index is 620. The summed E-state index contributed by atoms with van der Waals surface area (Å²) in [4.78, 5) is 28.6. The lowest BCUT2D eigenvalue weighted by Crippen LogP contribution is -2.54. The van der Waals surface area contributed by atoms with Crippen molar-refractivity contribution in [1.29, 1.82) is 0 Å². The number of benzene rings is 1. The molecule has 1 aromatic carbocycles.